The molecular weight excluding hydrogens is 328 g/mol. The van der Waals surface area contributed by atoms with Gasteiger partial charge in [-0.3, -0.25) is 0 Å². The smallest absolute Gasteiger partial charge is 0.377 e. The maximum absolute atomic E-state index is 11.8. The Balaban J connectivity index is 2.41. The molecule has 1 rings (SSSR count). The molecule has 0 aliphatic rings. The molecule has 0 heterocycles. The summed E-state index contributed by atoms with van der Waals surface area (Å²) in [5.74, 6) is -2.19. The van der Waals surface area contributed by atoms with Gasteiger partial charge >= 0.3 is 11.8 Å². The van der Waals surface area contributed by atoms with E-state index in [1.165, 1.54) is 44.9 Å². The lowest BCUT2D eigenvalue weighted by Crippen LogP contribution is -2.48. The minimum Gasteiger partial charge on any atom is -0.476 e. The molecule has 0 amide bonds. The van der Waals surface area contributed by atoms with Crippen LogP contribution in [-0.4, -0.2) is 23.0 Å². The molecule has 0 fully saturated rings. The van der Waals surface area contributed by atoms with Crippen LogP contribution in [0.4, 0.5) is 0 Å². The summed E-state index contributed by atoms with van der Waals surface area (Å²) in [5, 5.41) is 9.70. The highest BCUT2D eigenvalue weighted by Crippen LogP contribution is 2.26. The van der Waals surface area contributed by atoms with Gasteiger partial charge in [0.05, 0.1) is 6.10 Å². The Hall–Kier alpha value is -1.55. The lowest BCUT2D eigenvalue weighted by Gasteiger charge is -2.32. The lowest BCUT2D eigenvalue weighted by atomic mass is 10.1. The van der Waals surface area contributed by atoms with Gasteiger partial charge in [0, 0.05) is 6.42 Å². The van der Waals surface area contributed by atoms with E-state index in [9.17, 15) is 9.90 Å². The Bertz CT molecular complexity index is 488. The highest BCUT2D eigenvalue weighted by molar-refractivity contribution is 5.76. The second kappa shape index (κ2) is 12.7. The lowest BCUT2D eigenvalue weighted by molar-refractivity contribution is -0.227. The second-order valence-electron chi connectivity index (χ2n) is 7.02. The zero-order valence-corrected chi connectivity index (χ0v) is 16.7. The molecule has 0 spiro atoms. The fourth-order valence-electron chi connectivity index (χ4n) is 3.05. The summed E-state index contributed by atoms with van der Waals surface area (Å²) in [7, 11) is 0. The van der Waals surface area contributed by atoms with Crippen LogP contribution in [0.5, 0.6) is 5.75 Å². The van der Waals surface area contributed by atoms with Gasteiger partial charge < -0.3 is 14.6 Å². The Labute approximate surface area is 158 Å². The van der Waals surface area contributed by atoms with Crippen molar-refractivity contribution in [1.29, 1.82) is 0 Å². The van der Waals surface area contributed by atoms with Crippen molar-refractivity contribution >= 4 is 5.97 Å². The first-order chi connectivity index (χ1) is 12.5. The van der Waals surface area contributed by atoms with Crippen LogP contribution in [0.15, 0.2) is 30.3 Å². The van der Waals surface area contributed by atoms with Crippen molar-refractivity contribution in [2.24, 2.45) is 0 Å². The van der Waals surface area contributed by atoms with Crippen molar-refractivity contribution in [2.45, 2.75) is 96.9 Å². The van der Waals surface area contributed by atoms with Gasteiger partial charge in [-0.15, -0.1) is 0 Å². The van der Waals surface area contributed by atoms with Crippen molar-refractivity contribution in [3.05, 3.63) is 30.3 Å². The van der Waals surface area contributed by atoms with Crippen LogP contribution in [0.2, 0.25) is 0 Å². The zero-order valence-electron chi connectivity index (χ0n) is 16.7. The molecule has 2 atom stereocenters. The summed E-state index contributed by atoms with van der Waals surface area (Å²) in [5.41, 5.74) is 0. The van der Waals surface area contributed by atoms with Crippen molar-refractivity contribution in [3.63, 3.8) is 0 Å². The maximum atomic E-state index is 11.8. The number of carboxylic acids is 1. The first-order valence-electron chi connectivity index (χ1n) is 10.2. The van der Waals surface area contributed by atoms with E-state index < -0.39 is 11.8 Å². The molecule has 1 aromatic carbocycles. The summed E-state index contributed by atoms with van der Waals surface area (Å²) in [6.07, 6.45) is 11.0. The normalized spacial score (nSPS) is 14.6. The summed E-state index contributed by atoms with van der Waals surface area (Å²) >= 11 is 0. The summed E-state index contributed by atoms with van der Waals surface area (Å²) < 4.78 is 11.6. The first-order valence-corrected chi connectivity index (χ1v) is 10.2. The Morgan fingerprint density at radius 3 is 2.12 bits per heavy atom. The van der Waals surface area contributed by atoms with E-state index in [1.54, 1.807) is 19.1 Å². The van der Waals surface area contributed by atoms with E-state index >= 15 is 0 Å². The third-order valence-corrected chi connectivity index (χ3v) is 4.67. The molecule has 0 saturated carbocycles. The number of unbranched alkanes of at least 4 members (excludes halogenated alkanes) is 7. The molecular formula is C22H36O4. The average Bonchev–Trinajstić information content (AvgIpc) is 2.64. The number of carbonyl (C=O) groups is 1. The topological polar surface area (TPSA) is 55.8 Å². The molecule has 0 aliphatic carbocycles. The first kappa shape index (κ1) is 22.5. The molecule has 0 aliphatic heterocycles. The molecule has 4 nitrogen and oxygen atoms in total. The fraction of sp³-hybridized carbons (Fsp3) is 0.682. The molecule has 0 aromatic heterocycles. The largest absolute Gasteiger partial charge is 0.476 e. The standard InChI is InChI=1S/C22H36O4/c1-4-6-7-8-9-10-11-13-16-19(3)25-22(5-2,21(23)24)26-20-17-14-12-15-18-20/h12,14-15,17-19H,4-11,13,16H2,1-3H3,(H,23,24). The third kappa shape index (κ3) is 8.22. The van der Waals surface area contributed by atoms with E-state index in [1.807, 2.05) is 25.1 Å². The number of carboxylic acid groups (broad SMARTS) is 1. The predicted octanol–water partition coefficient (Wildman–Crippen LogP) is 6.19. The van der Waals surface area contributed by atoms with Crippen molar-refractivity contribution < 1.29 is 19.4 Å². The highest BCUT2D eigenvalue weighted by Gasteiger charge is 2.42. The number of para-hydroxylation sites is 1. The van der Waals surface area contributed by atoms with E-state index in [0.717, 1.165) is 12.8 Å². The number of aliphatic carboxylic acids is 1. The average molecular weight is 365 g/mol. The van der Waals surface area contributed by atoms with Gasteiger partial charge in [0.15, 0.2) is 0 Å². The van der Waals surface area contributed by atoms with E-state index in [-0.39, 0.29) is 12.5 Å². The quantitative estimate of drug-likeness (QED) is 0.298. The Morgan fingerprint density at radius 1 is 1.00 bits per heavy atom. The number of hydrogen-bond acceptors (Lipinski definition) is 3. The van der Waals surface area contributed by atoms with Crippen LogP contribution in [0.1, 0.15) is 85.0 Å². The molecule has 4 heteroatoms. The third-order valence-electron chi connectivity index (χ3n) is 4.67. The molecule has 1 N–H and O–H groups in total. The van der Waals surface area contributed by atoms with E-state index in [2.05, 4.69) is 6.92 Å². The number of benzene rings is 1. The molecule has 26 heavy (non-hydrogen) atoms. The predicted molar refractivity (Wildman–Crippen MR) is 106 cm³/mol. The minimum absolute atomic E-state index is 0.158. The van der Waals surface area contributed by atoms with Crippen molar-refractivity contribution in [1.82, 2.24) is 0 Å². The maximum Gasteiger partial charge on any atom is 0.377 e. The number of hydrogen-bond donors (Lipinski definition) is 1. The van der Waals surface area contributed by atoms with E-state index in [4.69, 9.17) is 9.47 Å². The van der Waals surface area contributed by atoms with Crippen LogP contribution >= 0.6 is 0 Å². The van der Waals surface area contributed by atoms with Crippen LogP contribution in [-0.2, 0) is 9.53 Å². The summed E-state index contributed by atoms with van der Waals surface area (Å²) in [4.78, 5) is 11.8. The van der Waals surface area contributed by atoms with Gasteiger partial charge in [0.2, 0.25) is 0 Å². The monoisotopic (exact) mass is 364 g/mol. The SMILES string of the molecule is CCCCCCCCCCC(C)OC(CC)(Oc1ccccc1)C(=O)O. The molecule has 1 aromatic rings. The van der Waals surface area contributed by atoms with Gasteiger partial charge in [-0.25, -0.2) is 4.79 Å². The van der Waals surface area contributed by atoms with Gasteiger partial charge in [-0.1, -0.05) is 83.4 Å². The zero-order chi connectivity index (χ0) is 19.3. The van der Waals surface area contributed by atoms with Crippen LogP contribution in [0.25, 0.3) is 0 Å². The van der Waals surface area contributed by atoms with Gasteiger partial charge in [-0.2, -0.15) is 0 Å². The molecule has 148 valence electrons. The molecule has 0 radical (unpaired) electrons. The summed E-state index contributed by atoms with van der Waals surface area (Å²) in [6, 6.07) is 9.01. The molecule has 2 unspecified atom stereocenters. The number of ether oxygens (including phenoxy) is 2. The van der Waals surface area contributed by atoms with Crippen LogP contribution in [0, 0.1) is 0 Å². The second-order valence-corrected chi connectivity index (χ2v) is 7.02. The van der Waals surface area contributed by atoms with E-state index in [0.29, 0.717) is 5.75 Å². The Morgan fingerprint density at radius 2 is 1.58 bits per heavy atom. The highest BCUT2D eigenvalue weighted by atomic mass is 16.7. The number of rotatable bonds is 15. The van der Waals surface area contributed by atoms with Crippen molar-refractivity contribution in [2.75, 3.05) is 0 Å². The minimum atomic E-state index is -1.62. The van der Waals surface area contributed by atoms with Crippen LogP contribution < -0.4 is 4.74 Å². The summed E-state index contributed by atoms with van der Waals surface area (Å²) in [6.45, 7) is 5.94. The Kier molecular flexibility index (Phi) is 11.0. The molecule has 0 saturated heterocycles. The fourth-order valence-corrected chi connectivity index (χ4v) is 3.05. The van der Waals surface area contributed by atoms with Gasteiger partial charge in [0.1, 0.15) is 5.75 Å². The van der Waals surface area contributed by atoms with Gasteiger partial charge in [0.25, 0.3) is 0 Å². The van der Waals surface area contributed by atoms with Crippen molar-refractivity contribution in [3.8, 4) is 5.75 Å². The van der Waals surface area contributed by atoms with Gasteiger partial charge in [-0.05, 0) is 25.5 Å². The molecule has 0 bridgehead atoms. The van der Waals surface area contributed by atoms with Crippen LogP contribution in [0.3, 0.4) is 0 Å².